The van der Waals surface area contributed by atoms with Crippen LogP contribution in [0.4, 0.5) is 0 Å². The second-order valence-electron chi connectivity index (χ2n) is 7.38. The molecule has 4 amide bonds. The molecule has 0 aliphatic heterocycles. The third-order valence-corrected chi connectivity index (χ3v) is 4.83. The van der Waals surface area contributed by atoms with E-state index in [1.54, 1.807) is 66.7 Å². The highest BCUT2D eigenvalue weighted by molar-refractivity contribution is 5.97. The van der Waals surface area contributed by atoms with Gasteiger partial charge >= 0.3 is 0 Å². The summed E-state index contributed by atoms with van der Waals surface area (Å²) in [5.41, 5.74) is 13.0. The topological polar surface area (TPSA) is 154 Å². The number of primary amides is 2. The first-order chi connectivity index (χ1) is 16.3. The molecule has 0 bridgehead atoms. The predicted octanol–water partition coefficient (Wildman–Crippen LogP) is 1.51. The van der Waals surface area contributed by atoms with Crippen LogP contribution < -0.4 is 26.8 Å². The van der Waals surface area contributed by atoms with Crippen molar-refractivity contribution in [3.05, 3.63) is 101 Å². The maximum atomic E-state index is 12.6. The number of benzene rings is 3. The second-order valence-corrected chi connectivity index (χ2v) is 7.38. The Balaban J connectivity index is 1.56. The molecule has 0 aliphatic rings. The highest BCUT2D eigenvalue weighted by Gasteiger charge is 2.11. The summed E-state index contributed by atoms with van der Waals surface area (Å²) in [5.74, 6) is -1.52. The number of nitrogens with one attached hydrogen (secondary N) is 2. The largest absolute Gasteiger partial charge is 0.488 e. The molecule has 0 aromatic heterocycles. The highest BCUT2D eigenvalue weighted by atomic mass is 16.5. The molecular formula is C25H24N4O5. The third kappa shape index (κ3) is 6.67. The Labute approximate surface area is 196 Å². The first kappa shape index (κ1) is 24.0. The predicted molar refractivity (Wildman–Crippen MR) is 125 cm³/mol. The highest BCUT2D eigenvalue weighted by Crippen LogP contribution is 2.19. The summed E-state index contributed by atoms with van der Waals surface area (Å²) >= 11 is 0. The van der Waals surface area contributed by atoms with Crippen molar-refractivity contribution < 1.29 is 23.9 Å². The van der Waals surface area contributed by atoms with E-state index in [2.05, 4.69) is 10.6 Å². The molecule has 0 spiro atoms. The van der Waals surface area contributed by atoms with Crippen LogP contribution in [0.5, 0.6) is 5.75 Å². The molecule has 0 fully saturated rings. The van der Waals surface area contributed by atoms with Crippen LogP contribution >= 0.6 is 0 Å². The Morgan fingerprint density at radius 1 is 0.735 bits per heavy atom. The van der Waals surface area contributed by atoms with E-state index in [1.165, 1.54) is 0 Å². The molecule has 34 heavy (non-hydrogen) atoms. The lowest BCUT2D eigenvalue weighted by atomic mass is 10.1. The minimum atomic E-state index is -0.626. The molecule has 3 rings (SSSR count). The number of ether oxygens (including phenoxy) is 1. The molecule has 9 heteroatoms. The number of carbonyl (C=O) groups is 4. The summed E-state index contributed by atoms with van der Waals surface area (Å²) in [4.78, 5) is 46.8. The first-order valence-corrected chi connectivity index (χ1v) is 10.4. The van der Waals surface area contributed by atoms with Crippen LogP contribution in [-0.4, -0.2) is 30.2 Å². The molecular weight excluding hydrogens is 436 g/mol. The molecule has 0 saturated heterocycles. The minimum absolute atomic E-state index is 0.157. The molecule has 0 atom stereocenters. The number of rotatable bonds is 10. The van der Waals surface area contributed by atoms with Crippen LogP contribution in [0.2, 0.25) is 0 Å². The number of nitrogens with two attached hydrogens (primary N) is 2. The van der Waals surface area contributed by atoms with Gasteiger partial charge in [0, 0.05) is 17.7 Å². The van der Waals surface area contributed by atoms with Gasteiger partial charge in [-0.05, 0) is 47.5 Å². The van der Waals surface area contributed by atoms with Crippen molar-refractivity contribution in [3.8, 4) is 5.75 Å². The van der Waals surface area contributed by atoms with Gasteiger partial charge in [0.25, 0.3) is 17.7 Å². The van der Waals surface area contributed by atoms with E-state index in [1.807, 2.05) is 6.07 Å². The average Bonchev–Trinajstić information content (AvgIpc) is 2.85. The van der Waals surface area contributed by atoms with E-state index in [9.17, 15) is 19.2 Å². The van der Waals surface area contributed by atoms with Crippen molar-refractivity contribution in [2.45, 2.75) is 13.2 Å². The fraction of sp³-hybridized carbons (Fsp3) is 0.120. The normalized spacial score (nSPS) is 10.2. The lowest BCUT2D eigenvalue weighted by molar-refractivity contribution is -0.117. The smallest absolute Gasteiger partial charge is 0.252 e. The molecule has 0 unspecified atom stereocenters. The zero-order chi connectivity index (χ0) is 24.5. The Hall–Kier alpha value is -4.66. The van der Waals surface area contributed by atoms with Gasteiger partial charge in [0.15, 0.2) is 0 Å². The van der Waals surface area contributed by atoms with Gasteiger partial charge in [-0.3, -0.25) is 19.2 Å². The van der Waals surface area contributed by atoms with Crippen molar-refractivity contribution in [2.24, 2.45) is 11.5 Å². The summed E-state index contributed by atoms with van der Waals surface area (Å²) in [6, 6.07) is 20.2. The average molecular weight is 460 g/mol. The number of carbonyl (C=O) groups excluding carboxylic acids is 4. The van der Waals surface area contributed by atoms with Crippen LogP contribution in [0, 0.1) is 0 Å². The van der Waals surface area contributed by atoms with E-state index in [4.69, 9.17) is 16.2 Å². The van der Waals surface area contributed by atoms with Crippen LogP contribution in [0.1, 0.15) is 42.2 Å². The molecule has 0 heterocycles. The quantitative estimate of drug-likeness (QED) is 0.361. The van der Waals surface area contributed by atoms with Gasteiger partial charge in [-0.25, -0.2) is 0 Å². The van der Waals surface area contributed by atoms with Gasteiger partial charge in [0.2, 0.25) is 5.91 Å². The van der Waals surface area contributed by atoms with Gasteiger partial charge in [-0.15, -0.1) is 0 Å². The first-order valence-electron chi connectivity index (χ1n) is 10.4. The lowest BCUT2D eigenvalue weighted by Gasteiger charge is -2.11. The van der Waals surface area contributed by atoms with Crippen molar-refractivity contribution >= 4 is 23.6 Å². The standard InChI is InChI=1S/C25H24N4O5/c26-22(30)14-29-24(32)18-10-8-16(9-11-18)13-28-25(33)19-5-3-4-17(12-19)15-34-21-7-2-1-6-20(21)23(27)31/h1-12H,13-15H2,(H2,26,30)(H2,27,31)(H,28,33)(H,29,32). The summed E-state index contributed by atoms with van der Waals surface area (Å²) in [6.07, 6.45) is 0. The molecule has 6 N–H and O–H groups in total. The fourth-order valence-electron chi connectivity index (χ4n) is 3.09. The summed E-state index contributed by atoms with van der Waals surface area (Å²) in [5, 5.41) is 5.23. The molecule has 174 valence electrons. The van der Waals surface area contributed by atoms with Crippen molar-refractivity contribution in [1.82, 2.24) is 10.6 Å². The van der Waals surface area contributed by atoms with Crippen molar-refractivity contribution in [3.63, 3.8) is 0 Å². The van der Waals surface area contributed by atoms with Gasteiger partial charge in [0.05, 0.1) is 12.1 Å². The van der Waals surface area contributed by atoms with E-state index < -0.39 is 17.7 Å². The molecule has 0 radical (unpaired) electrons. The SMILES string of the molecule is NC(=O)CNC(=O)c1ccc(CNC(=O)c2cccc(COc3ccccc3C(N)=O)c2)cc1. The fourth-order valence-corrected chi connectivity index (χ4v) is 3.09. The van der Waals surface area contributed by atoms with Gasteiger partial charge in [-0.2, -0.15) is 0 Å². The summed E-state index contributed by atoms with van der Waals surface area (Å²) < 4.78 is 5.72. The van der Waals surface area contributed by atoms with Gasteiger partial charge in [0.1, 0.15) is 12.4 Å². The number of amides is 4. The number of hydrogen-bond donors (Lipinski definition) is 4. The molecule has 0 saturated carbocycles. The van der Waals surface area contributed by atoms with Crippen molar-refractivity contribution in [2.75, 3.05) is 6.54 Å². The second kappa shape index (κ2) is 11.3. The third-order valence-electron chi connectivity index (χ3n) is 4.83. The van der Waals surface area contributed by atoms with Crippen molar-refractivity contribution in [1.29, 1.82) is 0 Å². The molecule has 0 aliphatic carbocycles. The maximum absolute atomic E-state index is 12.6. The maximum Gasteiger partial charge on any atom is 0.252 e. The Morgan fingerprint density at radius 2 is 1.44 bits per heavy atom. The zero-order valence-corrected chi connectivity index (χ0v) is 18.2. The van der Waals surface area contributed by atoms with E-state index in [0.29, 0.717) is 16.9 Å². The van der Waals surface area contributed by atoms with Gasteiger partial charge < -0.3 is 26.8 Å². The molecule has 3 aromatic rings. The Bertz CT molecular complexity index is 1210. The summed E-state index contributed by atoms with van der Waals surface area (Å²) in [6.45, 7) is 0.178. The number of hydrogen-bond acceptors (Lipinski definition) is 5. The monoisotopic (exact) mass is 460 g/mol. The molecule has 3 aromatic carbocycles. The Kier molecular flexibility index (Phi) is 7.96. The van der Waals surface area contributed by atoms with Crippen LogP contribution in [0.25, 0.3) is 0 Å². The lowest BCUT2D eigenvalue weighted by Crippen LogP contribution is -2.33. The number of para-hydroxylation sites is 1. The summed E-state index contributed by atoms with van der Waals surface area (Å²) in [7, 11) is 0. The van der Waals surface area contributed by atoms with E-state index in [0.717, 1.165) is 11.1 Å². The minimum Gasteiger partial charge on any atom is -0.488 e. The van der Waals surface area contributed by atoms with Gasteiger partial charge in [-0.1, -0.05) is 36.4 Å². The molecule has 9 nitrogen and oxygen atoms in total. The zero-order valence-electron chi connectivity index (χ0n) is 18.2. The van der Waals surface area contributed by atoms with Crippen LogP contribution in [0.15, 0.2) is 72.8 Å². The van der Waals surface area contributed by atoms with E-state index in [-0.39, 0.29) is 31.2 Å². The van der Waals surface area contributed by atoms with Crippen LogP contribution in [0.3, 0.4) is 0 Å². The van der Waals surface area contributed by atoms with E-state index >= 15 is 0 Å². The van der Waals surface area contributed by atoms with Crippen LogP contribution in [-0.2, 0) is 17.9 Å². The Morgan fingerprint density at radius 3 is 2.15 bits per heavy atom.